The number of likely N-dealkylation sites (N-methyl/N-ethyl adjacent to an activating group) is 1. The molecule has 2 fully saturated rings. The smallest absolute Gasteiger partial charge is 0.243 e. The lowest BCUT2D eigenvalue weighted by Crippen LogP contribution is -2.46. The average molecular weight is 351 g/mol. The van der Waals surface area contributed by atoms with Crippen molar-refractivity contribution in [3.8, 4) is 0 Å². The molecule has 0 aromatic heterocycles. The van der Waals surface area contributed by atoms with Gasteiger partial charge in [0.25, 0.3) is 0 Å². The van der Waals surface area contributed by atoms with E-state index in [9.17, 15) is 9.59 Å². The van der Waals surface area contributed by atoms with Crippen molar-refractivity contribution in [3.63, 3.8) is 0 Å². The third-order valence-corrected chi connectivity index (χ3v) is 4.96. The van der Waals surface area contributed by atoms with Crippen LogP contribution in [0, 0.1) is 5.92 Å². The van der Waals surface area contributed by atoms with Gasteiger partial charge in [0.2, 0.25) is 11.8 Å². The van der Waals surface area contributed by atoms with Crippen molar-refractivity contribution in [2.24, 2.45) is 10.9 Å². The Balaban J connectivity index is 1.86. The Kier molecular flexibility index (Phi) is 7.52. The molecular formula is C18H33N5O2. The molecule has 1 aliphatic heterocycles. The number of rotatable bonds is 6. The molecule has 142 valence electrons. The lowest BCUT2D eigenvalue weighted by molar-refractivity contribution is -0.134. The van der Waals surface area contributed by atoms with E-state index in [1.54, 1.807) is 19.0 Å². The van der Waals surface area contributed by atoms with Gasteiger partial charge in [-0.3, -0.25) is 9.59 Å². The molecule has 1 aliphatic carbocycles. The fraction of sp³-hybridized carbons (Fsp3) is 0.833. The second-order valence-electron chi connectivity index (χ2n) is 7.28. The Labute approximate surface area is 151 Å². The first-order valence-electron chi connectivity index (χ1n) is 9.55. The summed E-state index contributed by atoms with van der Waals surface area (Å²) in [5, 5.41) is 6.65. The zero-order valence-corrected chi connectivity index (χ0v) is 15.9. The van der Waals surface area contributed by atoms with Crippen molar-refractivity contribution in [1.82, 2.24) is 20.4 Å². The maximum atomic E-state index is 12.5. The van der Waals surface area contributed by atoms with E-state index in [0.29, 0.717) is 11.9 Å². The summed E-state index contributed by atoms with van der Waals surface area (Å²) in [7, 11) is 3.46. The molecule has 0 spiro atoms. The van der Waals surface area contributed by atoms with Gasteiger partial charge in [0, 0.05) is 45.7 Å². The fourth-order valence-corrected chi connectivity index (χ4v) is 3.39. The number of guanidine groups is 1. The van der Waals surface area contributed by atoms with E-state index in [4.69, 9.17) is 0 Å². The van der Waals surface area contributed by atoms with Crippen LogP contribution in [-0.4, -0.2) is 73.9 Å². The second-order valence-corrected chi connectivity index (χ2v) is 7.28. The minimum atomic E-state index is -0.0259. The summed E-state index contributed by atoms with van der Waals surface area (Å²) in [5.41, 5.74) is 0. The van der Waals surface area contributed by atoms with E-state index in [1.165, 1.54) is 12.8 Å². The quantitative estimate of drug-likeness (QED) is 0.548. The Morgan fingerprint density at radius 3 is 2.56 bits per heavy atom. The van der Waals surface area contributed by atoms with Gasteiger partial charge in [-0.15, -0.1) is 0 Å². The minimum Gasteiger partial charge on any atom is -0.356 e. The van der Waals surface area contributed by atoms with E-state index in [2.05, 4.69) is 22.5 Å². The fourth-order valence-electron chi connectivity index (χ4n) is 3.39. The van der Waals surface area contributed by atoms with Gasteiger partial charge in [-0.05, 0) is 25.7 Å². The van der Waals surface area contributed by atoms with Crippen molar-refractivity contribution < 1.29 is 9.59 Å². The summed E-state index contributed by atoms with van der Waals surface area (Å²) in [5.74, 6) is 1.20. The van der Waals surface area contributed by atoms with Crippen LogP contribution in [0.15, 0.2) is 4.99 Å². The Morgan fingerprint density at radius 2 is 1.92 bits per heavy atom. The molecule has 1 heterocycles. The maximum absolute atomic E-state index is 12.5. The van der Waals surface area contributed by atoms with Gasteiger partial charge in [-0.25, -0.2) is 4.99 Å². The summed E-state index contributed by atoms with van der Waals surface area (Å²) in [6.07, 6.45) is 6.37. The molecule has 1 saturated heterocycles. The van der Waals surface area contributed by atoms with Crippen molar-refractivity contribution in [1.29, 1.82) is 0 Å². The number of hydrogen-bond donors (Lipinski definition) is 2. The van der Waals surface area contributed by atoms with Gasteiger partial charge >= 0.3 is 0 Å². The summed E-state index contributed by atoms with van der Waals surface area (Å²) in [4.78, 5) is 32.2. The van der Waals surface area contributed by atoms with Crippen LogP contribution in [0.3, 0.4) is 0 Å². The Hall–Kier alpha value is -1.79. The molecule has 2 rings (SSSR count). The largest absolute Gasteiger partial charge is 0.356 e. The third kappa shape index (κ3) is 5.90. The number of carbonyl (C=O) groups is 2. The number of nitrogens with one attached hydrogen (secondary N) is 2. The van der Waals surface area contributed by atoms with Crippen LogP contribution in [0.4, 0.5) is 0 Å². The highest BCUT2D eigenvalue weighted by molar-refractivity contribution is 5.85. The molecule has 7 heteroatoms. The molecule has 2 amide bonds. The Morgan fingerprint density at radius 1 is 1.20 bits per heavy atom. The van der Waals surface area contributed by atoms with Crippen LogP contribution in [0.1, 0.15) is 45.4 Å². The molecule has 1 unspecified atom stereocenters. The second kappa shape index (κ2) is 9.63. The SMILES string of the molecule is CCCNC(=NCC(=O)N(C)C)NC1CCN(C(=O)C2CCCC2)C1. The van der Waals surface area contributed by atoms with Crippen LogP contribution in [0.5, 0.6) is 0 Å². The lowest BCUT2D eigenvalue weighted by Gasteiger charge is -2.21. The first-order chi connectivity index (χ1) is 12.0. The summed E-state index contributed by atoms with van der Waals surface area (Å²) in [6, 6.07) is 0.197. The van der Waals surface area contributed by atoms with Crippen molar-refractivity contribution in [2.45, 2.75) is 51.5 Å². The minimum absolute atomic E-state index is 0.0259. The summed E-state index contributed by atoms with van der Waals surface area (Å²) >= 11 is 0. The van der Waals surface area contributed by atoms with E-state index in [1.807, 2.05) is 4.90 Å². The topological polar surface area (TPSA) is 77.0 Å². The van der Waals surface area contributed by atoms with Crippen LogP contribution >= 0.6 is 0 Å². The molecular weight excluding hydrogens is 318 g/mol. The molecule has 0 radical (unpaired) electrons. The standard InChI is InChI=1S/C18H33N5O2/c1-4-10-19-18(20-12-16(24)22(2)3)21-15-9-11-23(13-15)17(25)14-7-5-6-8-14/h14-15H,4-13H2,1-3H3,(H2,19,20,21). The molecule has 2 N–H and O–H groups in total. The molecule has 1 saturated carbocycles. The molecule has 7 nitrogen and oxygen atoms in total. The van der Waals surface area contributed by atoms with Gasteiger partial charge in [0.05, 0.1) is 0 Å². The van der Waals surface area contributed by atoms with Crippen LogP contribution in [-0.2, 0) is 9.59 Å². The number of aliphatic imine (C=N–C) groups is 1. The molecule has 1 atom stereocenters. The summed E-state index contributed by atoms with van der Waals surface area (Å²) < 4.78 is 0. The predicted molar refractivity (Wildman–Crippen MR) is 99.4 cm³/mol. The van der Waals surface area contributed by atoms with E-state index < -0.39 is 0 Å². The van der Waals surface area contributed by atoms with E-state index >= 15 is 0 Å². The van der Waals surface area contributed by atoms with Crippen molar-refractivity contribution in [3.05, 3.63) is 0 Å². The number of hydrogen-bond acceptors (Lipinski definition) is 3. The van der Waals surface area contributed by atoms with E-state index in [0.717, 1.165) is 45.3 Å². The molecule has 0 aromatic carbocycles. The van der Waals surface area contributed by atoms with Crippen LogP contribution in [0.25, 0.3) is 0 Å². The van der Waals surface area contributed by atoms with Gasteiger partial charge in [0.1, 0.15) is 6.54 Å². The highest BCUT2D eigenvalue weighted by Crippen LogP contribution is 2.27. The zero-order valence-electron chi connectivity index (χ0n) is 15.9. The monoisotopic (exact) mass is 351 g/mol. The molecule has 25 heavy (non-hydrogen) atoms. The maximum Gasteiger partial charge on any atom is 0.243 e. The van der Waals surface area contributed by atoms with Crippen LogP contribution < -0.4 is 10.6 Å². The average Bonchev–Trinajstić information content (AvgIpc) is 3.28. The molecule has 2 aliphatic rings. The van der Waals surface area contributed by atoms with E-state index in [-0.39, 0.29) is 24.4 Å². The highest BCUT2D eigenvalue weighted by Gasteiger charge is 2.32. The van der Waals surface area contributed by atoms with Crippen LogP contribution in [0.2, 0.25) is 0 Å². The molecule has 0 bridgehead atoms. The summed E-state index contributed by atoms with van der Waals surface area (Å²) in [6.45, 7) is 4.56. The Bertz CT molecular complexity index is 486. The third-order valence-electron chi connectivity index (χ3n) is 4.96. The van der Waals surface area contributed by atoms with Gasteiger partial charge < -0.3 is 20.4 Å². The van der Waals surface area contributed by atoms with Gasteiger partial charge in [-0.2, -0.15) is 0 Å². The number of amides is 2. The zero-order chi connectivity index (χ0) is 18.2. The van der Waals surface area contributed by atoms with Gasteiger partial charge in [-0.1, -0.05) is 19.8 Å². The van der Waals surface area contributed by atoms with Crippen molar-refractivity contribution >= 4 is 17.8 Å². The predicted octanol–water partition coefficient (Wildman–Crippen LogP) is 0.811. The first kappa shape index (κ1) is 19.5. The number of nitrogens with zero attached hydrogens (tertiary/aromatic N) is 3. The highest BCUT2D eigenvalue weighted by atomic mass is 16.2. The van der Waals surface area contributed by atoms with Gasteiger partial charge in [0.15, 0.2) is 5.96 Å². The molecule has 0 aromatic rings. The lowest BCUT2D eigenvalue weighted by atomic mass is 10.1. The number of likely N-dealkylation sites (tertiary alicyclic amines) is 1. The first-order valence-corrected chi connectivity index (χ1v) is 9.55. The van der Waals surface area contributed by atoms with Crippen molar-refractivity contribution in [2.75, 3.05) is 40.3 Å². The normalized spacial score (nSPS) is 21.5. The number of carbonyl (C=O) groups excluding carboxylic acids is 2.